The fraction of sp³-hybridized carbons (Fsp3) is 1.00. The molecule has 6 N–H and O–H groups in total. The monoisotopic (exact) mass is 448 g/mol. The summed E-state index contributed by atoms with van der Waals surface area (Å²) in [6.07, 6.45) is -5.82. The first-order chi connectivity index (χ1) is 14.6. The van der Waals surface area contributed by atoms with Crippen LogP contribution in [0.3, 0.4) is 0 Å². The third-order valence-electron chi connectivity index (χ3n) is 8.15. The summed E-state index contributed by atoms with van der Waals surface area (Å²) in [5.74, 6) is 1.68. The molecule has 0 spiro atoms. The highest BCUT2D eigenvalue weighted by molar-refractivity contribution is 5.03. The largest absolute Gasteiger partial charge is 0.393 e. The van der Waals surface area contributed by atoms with Gasteiger partial charge in [-0.2, -0.15) is 0 Å². The van der Waals surface area contributed by atoms with Gasteiger partial charge in [0.2, 0.25) is 0 Å². The molecule has 2 saturated heterocycles. The zero-order valence-electron chi connectivity index (χ0n) is 18.0. The molecule has 10 heteroatoms. The van der Waals surface area contributed by atoms with Crippen molar-refractivity contribution in [3.63, 3.8) is 0 Å². The fourth-order valence-electron chi connectivity index (χ4n) is 5.70. The standard InChI is InChI=1S/C21H36O10/c1-20(2)11-4-3-10(12(20)5-11)6-28-18-16(25)15(24)14(23)13(31-18)7-29-19-17(26)21(27,8-22)9-30-19/h10-19,22-27H,3-9H2,1-2H3/t10-,11+,12+,13-,14-,15+,16-,17+,18-,19-,21-/m1/s1. The van der Waals surface area contributed by atoms with Crippen molar-refractivity contribution in [2.75, 3.05) is 26.4 Å². The lowest BCUT2D eigenvalue weighted by molar-refractivity contribution is -0.314. The van der Waals surface area contributed by atoms with Crippen molar-refractivity contribution in [2.24, 2.45) is 23.2 Å². The highest BCUT2D eigenvalue weighted by Crippen LogP contribution is 2.61. The normalized spacial score (nSPS) is 51.5. The molecule has 31 heavy (non-hydrogen) atoms. The summed E-state index contributed by atoms with van der Waals surface area (Å²) in [4.78, 5) is 0. The van der Waals surface area contributed by atoms with Gasteiger partial charge in [0.05, 0.1) is 26.4 Å². The van der Waals surface area contributed by atoms with E-state index in [1.54, 1.807) is 0 Å². The van der Waals surface area contributed by atoms with Crippen LogP contribution in [0.5, 0.6) is 0 Å². The van der Waals surface area contributed by atoms with Crippen LogP contribution in [0.25, 0.3) is 0 Å². The number of fused-ring (bicyclic) bond motifs is 2. The van der Waals surface area contributed by atoms with Gasteiger partial charge in [-0.25, -0.2) is 0 Å². The highest BCUT2D eigenvalue weighted by Gasteiger charge is 2.55. The SMILES string of the molecule is CC1(C)[C@H]2CC[C@H](CO[C@@H]3O[C@H](CO[C@@H]4OC[C@](O)(CO)[C@H]4O)[C@@H](O)[C@H](O)[C@H]3O)[C@@H]1C2. The van der Waals surface area contributed by atoms with Crippen molar-refractivity contribution in [1.29, 1.82) is 0 Å². The van der Waals surface area contributed by atoms with Gasteiger partial charge in [-0.1, -0.05) is 13.8 Å². The Morgan fingerprint density at radius 1 is 0.935 bits per heavy atom. The second-order valence-electron chi connectivity index (χ2n) is 10.3. The number of hydrogen-bond donors (Lipinski definition) is 6. The Morgan fingerprint density at radius 2 is 1.65 bits per heavy atom. The van der Waals surface area contributed by atoms with Crippen molar-refractivity contribution in [3.05, 3.63) is 0 Å². The van der Waals surface area contributed by atoms with Gasteiger partial charge < -0.3 is 49.6 Å². The Bertz CT molecular complexity index is 629. The van der Waals surface area contributed by atoms with E-state index >= 15 is 0 Å². The van der Waals surface area contributed by atoms with Crippen LogP contribution in [0.1, 0.15) is 33.1 Å². The number of hydrogen-bond acceptors (Lipinski definition) is 10. The van der Waals surface area contributed by atoms with E-state index in [1.165, 1.54) is 6.42 Å². The number of aliphatic hydroxyl groups is 6. The Hall–Kier alpha value is -0.400. The fourth-order valence-corrected chi connectivity index (χ4v) is 5.70. The van der Waals surface area contributed by atoms with Crippen LogP contribution in [0.4, 0.5) is 0 Å². The summed E-state index contributed by atoms with van der Waals surface area (Å²) in [5.41, 5.74) is -1.53. The number of rotatable bonds is 7. The molecule has 0 radical (unpaired) electrons. The lowest BCUT2D eigenvalue weighted by atomic mass is 9.46. The van der Waals surface area contributed by atoms with Crippen LogP contribution in [-0.4, -0.2) is 106 Å². The lowest BCUT2D eigenvalue weighted by Gasteiger charge is -2.60. The molecule has 2 heterocycles. The summed E-state index contributed by atoms with van der Waals surface area (Å²) in [6.45, 7) is 3.68. The van der Waals surface area contributed by atoms with E-state index in [0.29, 0.717) is 23.9 Å². The maximum atomic E-state index is 10.3. The van der Waals surface area contributed by atoms with E-state index in [9.17, 15) is 30.6 Å². The molecule has 5 aliphatic rings. The van der Waals surface area contributed by atoms with Gasteiger partial charge in [0.15, 0.2) is 12.6 Å². The zero-order valence-corrected chi connectivity index (χ0v) is 18.0. The second-order valence-corrected chi connectivity index (χ2v) is 10.3. The smallest absolute Gasteiger partial charge is 0.186 e. The first-order valence-corrected chi connectivity index (χ1v) is 11.1. The van der Waals surface area contributed by atoms with Gasteiger partial charge >= 0.3 is 0 Å². The molecule has 0 amide bonds. The Labute approximate surface area is 181 Å². The number of aliphatic hydroxyl groups excluding tert-OH is 5. The van der Waals surface area contributed by atoms with Crippen molar-refractivity contribution < 1.29 is 49.6 Å². The van der Waals surface area contributed by atoms with Crippen LogP contribution in [0.15, 0.2) is 0 Å². The van der Waals surface area contributed by atoms with E-state index in [0.717, 1.165) is 18.8 Å². The van der Waals surface area contributed by atoms with Crippen molar-refractivity contribution in [2.45, 2.75) is 81.8 Å². The average Bonchev–Trinajstić information content (AvgIpc) is 3.05. The van der Waals surface area contributed by atoms with E-state index in [1.807, 2.05) is 0 Å². The summed E-state index contributed by atoms with van der Waals surface area (Å²) >= 11 is 0. The molecule has 0 aromatic heterocycles. The van der Waals surface area contributed by atoms with Crippen LogP contribution in [0.2, 0.25) is 0 Å². The summed E-state index contributed by atoms with van der Waals surface area (Å²) < 4.78 is 22.1. The van der Waals surface area contributed by atoms with Gasteiger partial charge in [-0.15, -0.1) is 0 Å². The highest BCUT2D eigenvalue weighted by atomic mass is 16.7. The van der Waals surface area contributed by atoms with Gasteiger partial charge in [-0.3, -0.25) is 0 Å². The van der Waals surface area contributed by atoms with Gasteiger partial charge in [0.25, 0.3) is 0 Å². The second kappa shape index (κ2) is 8.75. The van der Waals surface area contributed by atoms with E-state index < -0.39 is 55.3 Å². The minimum atomic E-state index is -1.83. The molecule has 5 fully saturated rings. The van der Waals surface area contributed by atoms with Crippen LogP contribution in [0, 0.1) is 23.2 Å². The molecule has 10 nitrogen and oxygen atoms in total. The van der Waals surface area contributed by atoms with E-state index in [4.69, 9.17) is 18.9 Å². The molecule has 3 aliphatic carbocycles. The maximum absolute atomic E-state index is 10.3. The molecular weight excluding hydrogens is 412 g/mol. The van der Waals surface area contributed by atoms with Crippen LogP contribution >= 0.6 is 0 Å². The average molecular weight is 449 g/mol. The molecule has 180 valence electrons. The Kier molecular flexibility index (Phi) is 6.70. The topological polar surface area (TPSA) is 158 Å². The molecule has 3 saturated carbocycles. The summed E-state index contributed by atoms with van der Waals surface area (Å²) in [6, 6.07) is 0. The Morgan fingerprint density at radius 3 is 2.26 bits per heavy atom. The molecule has 0 aromatic rings. The van der Waals surface area contributed by atoms with Crippen LogP contribution < -0.4 is 0 Å². The molecule has 5 rings (SSSR count). The summed E-state index contributed by atoms with van der Waals surface area (Å²) in [5, 5.41) is 60.2. The third kappa shape index (κ3) is 4.16. The van der Waals surface area contributed by atoms with Gasteiger partial charge in [0, 0.05) is 0 Å². The lowest BCUT2D eigenvalue weighted by Crippen LogP contribution is -2.60. The summed E-state index contributed by atoms with van der Waals surface area (Å²) in [7, 11) is 0. The quantitative estimate of drug-likeness (QED) is 0.266. The molecule has 2 aliphatic heterocycles. The minimum absolute atomic E-state index is 0.283. The van der Waals surface area contributed by atoms with Crippen molar-refractivity contribution >= 4 is 0 Å². The van der Waals surface area contributed by atoms with Crippen molar-refractivity contribution in [1.82, 2.24) is 0 Å². The molecule has 2 bridgehead atoms. The van der Waals surface area contributed by atoms with Gasteiger partial charge in [-0.05, 0) is 42.4 Å². The number of ether oxygens (including phenoxy) is 4. The predicted molar refractivity (Wildman–Crippen MR) is 104 cm³/mol. The zero-order chi connectivity index (χ0) is 22.6. The molecule has 0 unspecified atom stereocenters. The maximum Gasteiger partial charge on any atom is 0.186 e. The third-order valence-corrected chi connectivity index (χ3v) is 8.15. The van der Waals surface area contributed by atoms with Gasteiger partial charge in [0.1, 0.15) is 36.1 Å². The first kappa shape index (κ1) is 23.7. The Balaban J connectivity index is 1.31. The molecule has 11 atom stereocenters. The minimum Gasteiger partial charge on any atom is -0.393 e. The van der Waals surface area contributed by atoms with Crippen LogP contribution in [-0.2, 0) is 18.9 Å². The molecule has 0 aromatic carbocycles. The predicted octanol–water partition coefficient (Wildman–Crippen LogP) is -1.66. The molecular formula is C21H36O10. The van der Waals surface area contributed by atoms with Crippen molar-refractivity contribution in [3.8, 4) is 0 Å². The first-order valence-electron chi connectivity index (χ1n) is 11.1. The van der Waals surface area contributed by atoms with E-state index in [-0.39, 0.29) is 13.2 Å². The van der Waals surface area contributed by atoms with E-state index in [2.05, 4.69) is 13.8 Å².